The highest BCUT2D eigenvalue weighted by Gasteiger charge is 2.17. The average Bonchev–Trinajstić information content (AvgIpc) is 2.76. The molecule has 5 nitrogen and oxygen atoms in total. The van der Waals surface area contributed by atoms with E-state index in [-0.39, 0.29) is 11.4 Å². The van der Waals surface area contributed by atoms with Gasteiger partial charge in [-0.1, -0.05) is 20.8 Å². The first-order chi connectivity index (χ1) is 8.80. The molecule has 1 aromatic heterocycles. The molecule has 0 aromatic carbocycles. The molecule has 0 fully saturated rings. The van der Waals surface area contributed by atoms with Crippen LogP contribution in [0.1, 0.15) is 31.5 Å². The van der Waals surface area contributed by atoms with Gasteiger partial charge in [0.1, 0.15) is 0 Å². The minimum absolute atomic E-state index is 0.0644. The summed E-state index contributed by atoms with van der Waals surface area (Å²) in [7, 11) is 3.46. The number of hydrogen-bond donors (Lipinski definition) is 2. The molecule has 0 aliphatic rings. The van der Waals surface area contributed by atoms with Crippen molar-refractivity contribution in [2.24, 2.45) is 0 Å². The van der Waals surface area contributed by atoms with E-state index in [1.54, 1.807) is 25.4 Å². The van der Waals surface area contributed by atoms with Crippen LogP contribution in [-0.2, 0) is 12.0 Å². The minimum Gasteiger partial charge on any atom is -0.337 e. The molecule has 1 aromatic rings. The Kier molecular flexibility index (Phi) is 5.75. The Morgan fingerprint density at radius 3 is 2.58 bits per heavy atom. The highest BCUT2D eigenvalue weighted by molar-refractivity contribution is 7.09. The number of rotatable bonds is 5. The van der Waals surface area contributed by atoms with Gasteiger partial charge in [0.05, 0.1) is 10.7 Å². The summed E-state index contributed by atoms with van der Waals surface area (Å²) in [5, 5.41) is 9.32. The molecule has 0 saturated carbocycles. The summed E-state index contributed by atoms with van der Waals surface area (Å²) in [5.41, 5.74) is 1.18. The van der Waals surface area contributed by atoms with E-state index in [1.807, 2.05) is 0 Å². The van der Waals surface area contributed by atoms with Crippen molar-refractivity contribution in [3.05, 3.63) is 16.1 Å². The molecular weight excluding hydrogens is 260 g/mol. The fourth-order valence-electron chi connectivity index (χ4n) is 1.37. The second-order valence-electron chi connectivity index (χ2n) is 5.70. The molecule has 19 heavy (non-hydrogen) atoms. The van der Waals surface area contributed by atoms with Crippen molar-refractivity contribution in [2.75, 3.05) is 27.2 Å². The Hall–Kier alpha value is -1.14. The van der Waals surface area contributed by atoms with Gasteiger partial charge in [-0.3, -0.25) is 0 Å². The molecule has 0 aliphatic carbocycles. The molecule has 2 amide bonds. The zero-order chi connectivity index (χ0) is 14.5. The van der Waals surface area contributed by atoms with Crippen molar-refractivity contribution in [3.63, 3.8) is 0 Å². The predicted molar refractivity (Wildman–Crippen MR) is 79.6 cm³/mol. The molecule has 0 spiro atoms. The Morgan fingerprint density at radius 2 is 2.05 bits per heavy atom. The lowest BCUT2D eigenvalue weighted by Gasteiger charge is -2.13. The van der Waals surface area contributed by atoms with Crippen LogP contribution in [0.25, 0.3) is 0 Å². The molecule has 1 rings (SSSR count). The zero-order valence-electron chi connectivity index (χ0n) is 12.4. The Bertz CT molecular complexity index is 409. The maximum absolute atomic E-state index is 11.3. The zero-order valence-corrected chi connectivity index (χ0v) is 13.2. The van der Waals surface area contributed by atoms with Gasteiger partial charge in [-0.2, -0.15) is 0 Å². The molecule has 0 bridgehead atoms. The van der Waals surface area contributed by atoms with Gasteiger partial charge < -0.3 is 15.5 Å². The number of nitrogens with one attached hydrogen (secondary N) is 2. The second kappa shape index (κ2) is 6.86. The molecule has 0 saturated heterocycles. The summed E-state index contributed by atoms with van der Waals surface area (Å²) in [6.07, 6.45) is 0. The van der Waals surface area contributed by atoms with Gasteiger partial charge in [0.2, 0.25) is 0 Å². The Balaban J connectivity index is 2.23. The predicted octanol–water partition coefficient (Wildman–Crippen LogP) is 1.80. The number of carbonyl (C=O) groups excluding carboxylic acids is 1. The topological polar surface area (TPSA) is 57.3 Å². The molecule has 6 heteroatoms. The SMILES string of the molecule is CN(C)C(=O)NCCNCc1csc(C(C)(C)C)n1. The highest BCUT2D eigenvalue weighted by Crippen LogP contribution is 2.25. The molecule has 2 N–H and O–H groups in total. The lowest BCUT2D eigenvalue weighted by molar-refractivity contribution is 0.217. The van der Waals surface area contributed by atoms with E-state index in [1.165, 1.54) is 4.90 Å². The first-order valence-electron chi connectivity index (χ1n) is 6.41. The second-order valence-corrected chi connectivity index (χ2v) is 6.56. The van der Waals surface area contributed by atoms with E-state index in [0.717, 1.165) is 23.8 Å². The number of thiazole rings is 1. The number of nitrogens with zero attached hydrogens (tertiary/aromatic N) is 2. The number of amides is 2. The van der Waals surface area contributed by atoms with Crippen molar-refractivity contribution in [1.29, 1.82) is 0 Å². The summed E-state index contributed by atoms with van der Waals surface area (Å²) in [5.74, 6) is 0. The van der Waals surface area contributed by atoms with Gasteiger partial charge in [0.25, 0.3) is 0 Å². The van der Waals surface area contributed by atoms with Crippen molar-refractivity contribution in [2.45, 2.75) is 32.7 Å². The van der Waals surface area contributed by atoms with Gasteiger partial charge in [-0.05, 0) is 0 Å². The largest absolute Gasteiger partial charge is 0.337 e. The minimum atomic E-state index is -0.0644. The quantitative estimate of drug-likeness (QED) is 0.811. The maximum Gasteiger partial charge on any atom is 0.316 e. The number of hydrogen-bond acceptors (Lipinski definition) is 4. The first kappa shape index (κ1) is 15.9. The van der Waals surface area contributed by atoms with Gasteiger partial charge in [-0.15, -0.1) is 11.3 Å². The third-order valence-electron chi connectivity index (χ3n) is 2.48. The fourth-order valence-corrected chi connectivity index (χ4v) is 2.27. The summed E-state index contributed by atoms with van der Waals surface area (Å²) >= 11 is 1.70. The van der Waals surface area contributed by atoms with E-state index in [9.17, 15) is 4.79 Å². The van der Waals surface area contributed by atoms with Crippen LogP contribution >= 0.6 is 11.3 Å². The Morgan fingerprint density at radius 1 is 1.37 bits per heavy atom. The molecule has 0 unspecified atom stereocenters. The van der Waals surface area contributed by atoms with Crippen molar-refractivity contribution >= 4 is 17.4 Å². The highest BCUT2D eigenvalue weighted by atomic mass is 32.1. The van der Waals surface area contributed by atoms with Crippen LogP contribution in [0.5, 0.6) is 0 Å². The number of urea groups is 1. The third-order valence-corrected chi connectivity index (χ3v) is 3.80. The maximum atomic E-state index is 11.3. The third kappa shape index (κ3) is 5.57. The van der Waals surface area contributed by atoms with Crippen LogP contribution < -0.4 is 10.6 Å². The van der Waals surface area contributed by atoms with Gasteiger partial charge in [0, 0.05) is 44.5 Å². The lowest BCUT2D eigenvalue weighted by atomic mass is 9.98. The van der Waals surface area contributed by atoms with E-state index in [2.05, 4.69) is 41.8 Å². The Labute approximate surface area is 119 Å². The standard InChI is InChI=1S/C13H24N4OS/c1-13(2,3)11-16-10(9-19-11)8-14-6-7-15-12(18)17(4)5/h9,14H,6-8H2,1-5H3,(H,15,18). The number of aromatic nitrogens is 1. The molecule has 0 aliphatic heterocycles. The molecule has 1 heterocycles. The van der Waals surface area contributed by atoms with Crippen LogP contribution in [0.15, 0.2) is 5.38 Å². The van der Waals surface area contributed by atoms with E-state index >= 15 is 0 Å². The summed E-state index contributed by atoms with van der Waals surface area (Å²) in [6, 6.07) is -0.0644. The van der Waals surface area contributed by atoms with Crippen LogP contribution in [-0.4, -0.2) is 43.1 Å². The fraction of sp³-hybridized carbons (Fsp3) is 0.692. The van der Waals surface area contributed by atoms with Gasteiger partial charge in [-0.25, -0.2) is 9.78 Å². The number of carbonyl (C=O) groups is 1. The van der Waals surface area contributed by atoms with Gasteiger partial charge in [0.15, 0.2) is 0 Å². The average molecular weight is 284 g/mol. The normalized spacial score (nSPS) is 11.4. The van der Waals surface area contributed by atoms with Crippen molar-refractivity contribution in [3.8, 4) is 0 Å². The van der Waals surface area contributed by atoms with E-state index in [0.29, 0.717) is 6.54 Å². The van der Waals surface area contributed by atoms with Crippen molar-refractivity contribution in [1.82, 2.24) is 20.5 Å². The van der Waals surface area contributed by atoms with Crippen LogP contribution in [0.4, 0.5) is 4.79 Å². The van der Waals surface area contributed by atoms with Crippen LogP contribution in [0, 0.1) is 0 Å². The van der Waals surface area contributed by atoms with Crippen LogP contribution in [0.3, 0.4) is 0 Å². The summed E-state index contributed by atoms with van der Waals surface area (Å²) < 4.78 is 0. The molecule has 0 atom stereocenters. The smallest absolute Gasteiger partial charge is 0.316 e. The van der Waals surface area contributed by atoms with Crippen LogP contribution in [0.2, 0.25) is 0 Å². The lowest BCUT2D eigenvalue weighted by Crippen LogP contribution is -2.38. The molecule has 108 valence electrons. The summed E-state index contributed by atoms with van der Waals surface area (Å²) in [6.45, 7) is 8.60. The monoisotopic (exact) mass is 284 g/mol. The van der Waals surface area contributed by atoms with Gasteiger partial charge >= 0.3 is 6.03 Å². The van der Waals surface area contributed by atoms with E-state index < -0.39 is 0 Å². The summed E-state index contributed by atoms with van der Waals surface area (Å²) in [4.78, 5) is 17.4. The molecular formula is C13H24N4OS. The molecule has 0 radical (unpaired) electrons. The van der Waals surface area contributed by atoms with Crippen molar-refractivity contribution < 1.29 is 4.79 Å². The first-order valence-corrected chi connectivity index (χ1v) is 7.29. The van der Waals surface area contributed by atoms with E-state index in [4.69, 9.17) is 0 Å².